The third-order valence-corrected chi connectivity index (χ3v) is 7.73. The second-order valence-corrected chi connectivity index (χ2v) is 11.4. The lowest BCUT2D eigenvalue weighted by molar-refractivity contribution is -0.183. The quantitative estimate of drug-likeness (QED) is 0.0722. The van der Waals surface area contributed by atoms with Crippen LogP contribution in [-0.4, -0.2) is 28.7 Å². The predicted molar refractivity (Wildman–Crippen MR) is 170 cm³/mol. The third-order valence-electron chi connectivity index (χ3n) is 7.73. The second-order valence-electron chi connectivity index (χ2n) is 11.4. The molecular weight excluding hydrogens is 565 g/mol. The Balaban J connectivity index is 1.47. The number of hydrogen-bond donors (Lipinski definition) is 0. The Morgan fingerprint density at radius 1 is 0.682 bits per heavy atom. The molecule has 2 aromatic carbocycles. The summed E-state index contributed by atoms with van der Waals surface area (Å²) in [5.41, 5.74) is 2.53. The SMILES string of the molecule is CCCCCCCCOc1ccc(-c2cnc(-c3ccc(OC(=O)CC(CCCCCCCC)C(F)(F)F)cc3)nc2)cc1. The molecule has 0 amide bonds. The average Bonchev–Trinajstić information content (AvgIpc) is 3.02. The van der Waals surface area contributed by atoms with E-state index >= 15 is 0 Å². The van der Waals surface area contributed by atoms with Crippen LogP contribution in [0.15, 0.2) is 60.9 Å². The van der Waals surface area contributed by atoms with Gasteiger partial charge in [0.1, 0.15) is 11.5 Å². The van der Waals surface area contributed by atoms with Gasteiger partial charge in [0.25, 0.3) is 0 Å². The van der Waals surface area contributed by atoms with Crippen molar-refractivity contribution in [2.75, 3.05) is 6.61 Å². The largest absolute Gasteiger partial charge is 0.494 e. The lowest BCUT2D eigenvalue weighted by Gasteiger charge is -2.19. The molecule has 44 heavy (non-hydrogen) atoms. The highest BCUT2D eigenvalue weighted by Gasteiger charge is 2.40. The van der Waals surface area contributed by atoms with E-state index in [4.69, 9.17) is 9.47 Å². The van der Waals surface area contributed by atoms with Gasteiger partial charge in [-0.1, -0.05) is 96.6 Å². The highest BCUT2D eigenvalue weighted by atomic mass is 19.4. The van der Waals surface area contributed by atoms with Crippen LogP contribution in [0.4, 0.5) is 13.2 Å². The first kappa shape index (κ1) is 35.1. The van der Waals surface area contributed by atoms with Crippen LogP contribution in [0.25, 0.3) is 22.5 Å². The van der Waals surface area contributed by atoms with Gasteiger partial charge in [0.2, 0.25) is 0 Å². The molecule has 5 nitrogen and oxygen atoms in total. The molecule has 8 heteroatoms. The predicted octanol–water partition coefficient (Wildman–Crippen LogP) is 10.8. The number of unbranched alkanes of at least 4 members (excludes halogenated alkanes) is 10. The lowest BCUT2D eigenvalue weighted by Crippen LogP contribution is -2.27. The number of hydrogen-bond acceptors (Lipinski definition) is 5. The maximum Gasteiger partial charge on any atom is 0.392 e. The zero-order valence-corrected chi connectivity index (χ0v) is 26.2. The Kier molecular flexibility index (Phi) is 15.2. The normalized spacial score (nSPS) is 12.2. The number of nitrogens with zero attached hydrogens (tertiary/aromatic N) is 2. The van der Waals surface area contributed by atoms with E-state index in [2.05, 4.69) is 23.8 Å². The van der Waals surface area contributed by atoms with Gasteiger partial charge >= 0.3 is 12.1 Å². The molecule has 3 aromatic rings. The molecule has 0 saturated heterocycles. The summed E-state index contributed by atoms with van der Waals surface area (Å²) >= 11 is 0. The summed E-state index contributed by atoms with van der Waals surface area (Å²) in [6.45, 7) is 5.03. The standard InChI is InChI=1S/C36H47F3N2O3/c1-3-5-7-9-11-13-15-31(36(37,38)39)25-34(42)44-33-22-18-29(19-23-33)35-40-26-30(27-41-35)28-16-20-32(21-17-28)43-24-14-12-10-8-6-4-2/h16-23,26-27,31H,3-15,24-25H2,1-2H3. The topological polar surface area (TPSA) is 61.3 Å². The molecule has 0 N–H and O–H groups in total. The third kappa shape index (κ3) is 12.7. The Morgan fingerprint density at radius 3 is 1.80 bits per heavy atom. The summed E-state index contributed by atoms with van der Waals surface area (Å²) in [7, 11) is 0. The monoisotopic (exact) mass is 612 g/mol. The number of alkyl halides is 3. The fourth-order valence-corrected chi connectivity index (χ4v) is 5.04. The number of carbonyl (C=O) groups excluding carboxylic acids is 1. The first-order valence-corrected chi connectivity index (χ1v) is 16.2. The smallest absolute Gasteiger partial charge is 0.392 e. The zero-order valence-electron chi connectivity index (χ0n) is 26.2. The van der Waals surface area contributed by atoms with Gasteiger partial charge in [-0.2, -0.15) is 13.2 Å². The maximum absolute atomic E-state index is 13.5. The molecule has 0 spiro atoms. The molecular formula is C36H47F3N2O3. The molecule has 1 unspecified atom stereocenters. The summed E-state index contributed by atoms with van der Waals surface area (Å²) in [6.07, 6.45) is 11.0. The molecule has 240 valence electrons. The van der Waals surface area contributed by atoms with Crippen LogP contribution in [0, 0.1) is 5.92 Å². The van der Waals surface area contributed by atoms with Crippen molar-refractivity contribution in [1.82, 2.24) is 9.97 Å². The van der Waals surface area contributed by atoms with E-state index in [0.717, 1.165) is 55.4 Å². The molecule has 0 aliphatic rings. The Bertz CT molecular complexity index is 1210. The van der Waals surface area contributed by atoms with E-state index < -0.39 is 24.5 Å². The van der Waals surface area contributed by atoms with E-state index in [1.807, 2.05) is 24.3 Å². The molecule has 3 rings (SSSR count). The number of benzene rings is 2. The van der Waals surface area contributed by atoms with Gasteiger partial charge in [0, 0.05) is 23.5 Å². The molecule has 0 aliphatic carbocycles. The maximum atomic E-state index is 13.5. The lowest BCUT2D eigenvalue weighted by atomic mass is 9.96. The molecule has 0 radical (unpaired) electrons. The Hall–Kier alpha value is -3.42. The summed E-state index contributed by atoms with van der Waals surface area (Å²) in [5, 5.41) is 0. The minimum absolute atomic E-state index is 0.0613. The van der Waals surface area contributed by atoms with Crippen LogP contribution in [0.5, 0.6) is 11.5 Å². The summed E-state index contributed by atoms with van der Waals surface area (Å²) in [5.74, 6) is -1.06. The van der Waals surface area contributed by atoms with Gasteiger partial charge in [-0.25, -0.2) is 9.97 Å². The van der Waals surface area contributed by atoms with E-state index in [1.54, 1.807) is 36.7 Å². The zero-order chi connectivity index (χ0) is 31.6. The van der Waals surface area contributed by atoms with Gasteiger partial charge in [0.15, 0.2) is 5.82 Å². The van der Waals surface area contributed by atoms with Gasteiger partial charge in [-0.05, 0) is 54.8 Å². The van der Waals surface area contributed by atoms with Gasteiger partial charge in [0.05, 0.1) is 18.9 Å². The first-order chi connectivity index (χ1) is 21.3. The second kappa shape index (κ2) is 19.1. The van der Waals surface area contributed by atoms with Crippen LogP contribution >= 0.6 is 0 Å². The molecule has 0 saturated carbocycles. The molecule has 1 heterocycles. The van der Waals surface area contributed by atoms with Crippen LogP contribution in [-0.2, 0) is 4.79 Å². The van der Waals surface area contributed by atoms with E-state index in [-0.39, 0.29) is 12.2 Å². The highest BCUT2D eigenvalue weighted by Crippen LogP contribution is 2.34. The van der Waals surface area contributed by atoms with Crippen LogP contribution in [0.1, 0.15) is 104 Å². The van der Waals surface area contributed by atoms with Crippen molar-refractivity contribution in [3.05, 3.63) is 60.9 Å². The van der Waals surface area contributed by atoms with Crippen molar-refractivity contribution < 1.29 is 27.4 Å². The number of aromatic nitrogens is 2. The van der Waals surface area contributed by atoms with Crippen molar-refractivity contribution in [3.8, 4) is 34.0 Å². The van der Waals surface area contributed by atoms with E-state index in [9.17, 15) is 18.0 Å². The van der Waals surface area contributed by atoms with Crippen molar-refractivity contribution >= 4 is 5.97 Å². The van der Waals surface area contributed by atoms with Gasteiger partial charge in [-0.3, -0.25) is 4.79 Å². The van der Waals surface area contributed by atoms with Gasteiger partial charge < -0.3 is 9.47 Å². The number of carbonyl (C=O) groups is 1. The molecule has 0 aliphatic heterocycles. The number of rotatable bonds is 20. The van der Waals surface area contributed by atoms with E-state index in [1.165, 1.54) is 32.1 Å². The highest BCUT2D eigenvalue weighted by molar-refractivity contribution is 5.73. The molecule has 0 fully saturated rings. The summed E-state index contributed by atoms with van der Waals surface area (Å²) in [4.78, 5) is 21.3. The molecule has 1 aromatic heterocycles. The summed E-state index contributed by atoms with van der Waals surface area (Å²) in [6, 6.07) is 14.3. The van der Waals surface area contributed by atoms with Crippen molar-refractivity contribution in [1.29, 1.82) is 0 Å². The van der Waals surface area contributed by atoms with Crippen LogP contribution < -0.4 is 9.47 Å². The van der Waals surface area contributed by atoms with Crippen LogP contribution in [0.3, 0.4) is 0 Å². The number of ether oxygens (including phenoxy) is 2. The average molecular weight is 613 g/mol. The van der Waals surface area contributed by atoms with Gasteiger partial charge in [-0.15, -0.1) is 0 Å². The fourth-order valence-electron chi connectivity index (χ4n) is 5.04. The molecule has 1 atom stereocenters. The minimum Gasteiger partial charge on any atom is -0.494 e. The fraction of sp³-hybridized carbons (Fsp3) is 0.528. The van der Waals surface area contributed by atoms with E-state index in [0.29, 0.717) is 24.4 Å². The van der Waals surface area contributed by atoms with Crippen molar-refractivity contribution in [2.24, 2.45) is 5.92 Å². The van der Waals surface area contributed by atoms with Crippen molar-refractivity contribution in [2.45, 2.75) is 110 Å². The van der Waals surface area contributed by atoms with Crippen molar-refractivity contribution in [3.63, 3.8) is 0 Å². The van der Waals surface area contributed by atoms with Crippen LogP contribution in [0.2, 0.25) is 0 Å². The molecule has 0 bridgehead atoms. The Labute approximate surface area is 260 Å². The first-order valence-electron chi connectivity index (χ1n) is 16.2. The summed E-state index contributed by atoms with van der Waals surface area (Å²) < 4.78 is 51.6. The minimum atomic E-state index is -4.43. The number of halogens is 3. The Morgan fingerprint density at radius 2 is 1.20 bits per heavy atom. The number of esters is 1.